The predicted molar refractivity (Wildman–Crippen MR) is 70.2 cm³/mol. The fourth-order valence-corrected chi connectivity index (χ4v) is 2.42. The number of nitrogens with two attached hydrogens (primary N) is 1. The fraction of sp³-hybridized carbons (Fsp3) is 0.583. The molecule has 1 fully saturated rings. The smallest absolute Gasteiger partial charge is 0.274 e. The van der Waals surface area contributed by atoms with Crippen LogP contribution in [0, 0.1) is 0 Å². The third-order valence-corrected chi connectivity index (χ3v) is 3.44. The van der Waals surface area contributed by atoms with Gasteiger partial charge in [-0.1, -0.05) is 12.8 Å². The molecule has 0 saturated heterocycles. The number of rotatable bonds is 4. The number of aliphatic hydroxyl groups is 1. The Hall–Kier alpha value is -1.73. The Bertz CT molecular complexity index is 442. The highest BCUT2D eigenvalue weighted by atomic mass is 16.3. The van der Waals surface area contributed by atoms with Crippen LogP contribution >= 0.6 is 0 Å². The lowest BCUT2D eigenvalue weighted by molar-refractivity contribution is 0.0154. The normalized spacial score (nSPS) is 17.2. The van der Waals surface area contributed by atoms with Gasteiger partial charge in [0.25, 0.3) is 5.91 Å². The average molecular weight is 265 g/mol. The minimum absolute atomic E-state index is 0.239. The Labute approximate surface area is 111 Å². The number of carbonyl (C=O) groups is 1. The van der Waals surface area contributed by atoms with Gasteiger partial charge in [0.1, 0.15) is 0 Å². The number of nitrogens with one attached hydrogen (secondary N) is 1. The highest BCUT2D eigenvalue weighted by molar-refractivity contribution is 5.92. The molecule has 1 aromatic heterocycles. The van der Waals surface area contributed by atoms with Gasteiger partial charge >= 0.3 is 0 Å². The van der Waals surface area contributed by atoms with E-state index in [1.807, 2.05) is 0 Å². The van der Waals surface area contributed by atoms with Gasteiger partial charge in [-0.2, -0.15) is 0 Å². The number of amides is 1. The summed E-state index contributed by atoms with van der Waals surface area (Å²) in [5.41, 5.74) is 1.83. The van der Waals surface area contributed by atoms with Crippen molar-refractivity contribution in [2.45, 2.75) is 31.3 Å². The third kappa shape index (κ3) is 3.18. The molecule has 1 saturated carbocycles. The lowest BCUT2D eigenvalue weighted by Crippen LogP contribution is -2.42. The van der Waals surface area contributed by atoms with E-state index >= 15 is 0 Å². The number of hydrogen-bond acceptors (Lipinski definition) is 6. The maximum atomic E-state index is 12.1. The number of likely N-dealkylation sites (N-methyl/N-ethyl adjacent to an activating group) is 1. The Morgan fingerprint density at radius 1 is 1.47 bits per heavy atom. The monoisotopic (exact) mass is 265 g/mol. The van der Waals surface area contributed by atoms with Crippen LogP contribution in [-0.2, 0) is 0 Å². The van der Waals surface area contributed by atoms with E-state index in [1.54, 1.807) is 19.2 Å². The minimum atomic E-state index is -0.753. The molecule has 0 radical (unpaired) electrons. The first-order valence-electron chi connectivity index (χ1n) is 6.32. The van der Waals surface area contributed by atoms with Crippen LogP contribution in [0.25, 0.3) is 0 Å². The zero-order valence-corrected chi connectivity index (χ0v) is 11.0. The largest absolute Gasteiger partial charge is 0.388 e. The Morgan fingerprint density at radius 3 is 2.68 bits per heavy atom. The van der Waals surface area contributed by atoms with E-state index in [2.05, 4.69) is 15.6 Å². The van der Waals surface area contributed by atoms with Crippen molar-refractivity contribution in [3.8, 4) is 0 Å². The summed E-state index contributed by atoms with van der Waals surface area (Å²) in [6, 6.07) is 3.14. The maximum Gasteiger partial charge on any atom is 0.274 e. The van der Waals surface area contributed by atoms with Gasteiger partial charge in [-0.3, -0.25) is 4.79 Å². The van der Waals surface area contributed by atoms with Gasteiger partial charge in [0.15, 0.2) is 11.5 Å². The fourth-order valence-electron chi connectivity index (χ4n) is 2.42. The van der Waals surface area contributed by atoms with Crippen LogP contribution in [0.5, 0.6) is 0 Å². The number of nitrogens with zero attached hydrogens (tertiary/aromatic N) is 3. The van der Waals surface area contributed by atoms with E-state index in [9.17, 15) is 9.90 Å². The summed E-state index contributed by atoms with van der Waals surface area (Å²) < 4.78 is 0. The van der Waals surface area contributed by atoms with E-state index < -0.39 is 5.60 Å². The van der Waals surface area contributed by atoms with Crippen LogP contribution in [0.4, 0.5) is 5.82 Å². The molecule has 0 spiro atoms. The topological polar surface area (TPSA) is 104 Å². The number of hydrogen-bond donors (Lipinski definition) is 3. The number of aromatic nitrogens is 2. The van der Waals surface area contributed by atoms with Crippen LogP contribution in [0.3, 0.4) is 0 Å². The molecule has 104 valence electrons. The molecular formula is C12H19N5O2. The minimum Gasteiger partial charge on any atom is -0.388 e. The maximum absolute atomic E-state index is 12.1. The number of carbonyl (C=O) groups excluding carboxylic acids is 1. The van der Waals surface area contributed by atoms with Crippen molar-refractivity contribution < 1.29 is 9.90 Å². The third-order valence-electron chi connectivity index (χ3n) is 3.44. The number of hydrazine groups is 1. The van der Waals surface area contributed by atoms with Crippen LogP contribution in [0.15, 0.2) is 12.1 Å². The highest BCUT2D eigenvalue weighted by Gasteiger charge is 2.33. The first kappa shape index (κ1) is 13.7. The molecule has 0 unspecified atom stereocenters. The molecule has 1 heterocycles. The zero-order chi connectivity index (χ0) is 13.9. The van der Waals surface area contributed by atoms with E-state index in [0.717, 1.165) is 25.7 Å². The van der Waals surface area contributed by atoms with Crippen molar-refractivity contribution in [1.82, 2.24) is 15.1 Å². The summed E-state index contributed by atoms with van der Waals surface area (Å²) in [5.74, 6) is 5.32. The van der Waals surface area contributed by atoms with Crippen LogP contribution in [-0.4, -0.2) is 45.3 Å². The van der Waals surface area contributed by atoms with Crippen molar-refractivity contribution in [3.05, 3.63) is 17.8 Å². The molecule has 0 atom stereocenters. The molecule has 1 aliphatic rings. The molecule has 19 heavy (non-hydrogen) atoms. The molecule has 7 heteroatoms. The van der Waals surface area contributed by atoms with Crippen molar-refractivity contribution in [2.75, 3.05) is 19.0 Å². The second-order valence-corrected chi connectivity index (χ2v) is 5.04. The molecule has 2 rings (SSSR count). The van der Waals surface area contributed by atoms with Crippen molar-refractivity contribution >= 4 is 11.7 Å². The van der Waals surface area contributed by atoms with Crippen LogP contribution < -0.4 is 11.3 Å². The Morgan fingerprint density at radius 2 is 2.16 bits per heavy atom. The first-order chi connectivity index (χ1) is 9.04. The Kier molecular flexibility index (Phi) is 3.96. The van der Waals surface area contributed by atoms with Gasteiger partial charge in [-0.15, -0.1) is 10.2 Å². The summed E-state index contributed by atoms with van der Waals surface area (Å²) in [6.45, 7) is 0.324. The summed E-state index contributed by atoms with van der Waals surface area (Å²) in [4.78, 5) is 13.6. The zero-order valence-electron chi connectivity index (χ0n) is 11.0. The van der Waals surface area contributed by atoms with E-state index in [4.69, 9.17) is 5.84 Å². The van der Waals surface area contributed by atoms with E-state index in [1.165, 1.54) is 4.90 Å². The predicted octanol–water partition coefficient (Wildman–Crippen LogP) is 0.139. The molecule has 0 aromatic carbocycles. The SMILES string of the molecule is CN(CC1(O)CCCC1)C(=O)c1ccc(NN)nn1. The highest BCUT2D eigenvalue weighted by Crippen LogP contribution is 2.30. The summed E-state index contributed by atoms with van der Waals surface area (Å²) in [7, 11) is 1.66. The van der Waals surface area contributed by atoms with Gasteiger partial charge < -0.3 is 15.4 Å². The molecule has 7 nitrogen and oxygen atoms in total. The van der Waals surface area contributed by atoms with Crippen molar-refractivity contribution in [1.29, 1.82) is 0 Å². The van der Waals surface area contributed by atoms with Gasteiger partial charge in [0, 0.05) is 13.6 Å². The number of nitrogen functional groups attached to an aromatic ring is 1. The standard InChI is InChI=1S/C12H19N5O2/c1-17(8-12(19)6-2-3-7-12)11(18)9-4-5-10(14-13)16-15-9/h4-5,19H,2-3,6-8,13H2,1H3,(H,14,16). The summed E-state index contributed by atoms with van der Waals surface area (Å²) >= 11 is 0. The Balaban J connectivity index is 2.01. The second-order valence-electron chi connectivity index (χ2n) is 5.04. The van der Waals surface area contributed by atoms with Crippen LogP contribution in [0.1, 0.15) is 36.2 Å². The van der Waals surface area contributed by atoms with Gasteiger partial charge in [0.2, 0.25) is 0 Å². The molecule has 4 N–H and O–H groups in total. The summed E-state index contributed by atoms with van der Waals surface area (Å²) in [5, 5.41) is 17.8. The van der Waals surface area contributed by atoms with E-state index in [-0.39, 0.29) is 11.6 Å². The van der Waals surface area contributed by atoms with E-state index in [0.29, 0.717) is 12.4 Å². The van der Waals surface area contributed by atoms with Crippen molar-refractivity contribution in [3.63, 3.8) is 0 Å². The van der Waals surface area contributed by atoms with Gasteiger partial charge in [0.05, 0.1) is 5.60 Å². The van der Waals surface area contributed by atoms with Crippen molar-refractivity contribution in [2.24, 2.45) is 5.84 Å². The van der Waals surface area contributed by atoms with Gasteiger partial charge in [-0.25, -0.2) is 5.84 Å². The lowest BCUT2D eigenvalue weighted by Gasteiger charge is -2.28. The average Bonchev–Trinajstić information content (AvgIpc) is 2.84. The first-order valence-corrected chi connectivity index (χ1v) is 6.32. The van der Waals surface area contributed by atoms with Gasteiger partial charge in [-0.05, 0) is 25.0 Å². The lowest BCUT2D eigenvalue weighted by atomic mass is 10.0. The molecule has 1 aliphatic carbocycles. The molecular weight excluding hydrogens is 246 g/mol. The second kappa shape index (κ2) is 5.50. The molecule has 1 aromatic rings. The molecule has 1 amide bonds. The molecule has 0 bridgehead atoms. The number of anilines is 1. The quantitative estimate of drug-likeness (QED) is 0.528. The van der Waals surface area contributed by atoms with Crippen LogP contribution in [0.2, 0.25) is 0 Å². The summed E-state index contributed by atoms with van der Waals surface area (Å²) in [6.07, 6.45) is 3.50. The molecule has 0 aliphatic heterocycles.